The normalized spacial score (nSPS) is 12.7. The zero-order valence-electron chi connectivity index (χ0n) is 8.65. The van der Waals surface area contributed by atoms with Crippen LogP contribution in [-0.2, 0) is 6.42 Å². The van der Waals surface area contributed by atoms with Gasteiger partial charge in [-0.15, -0.1) is 21.8 Å². The van der Waals surface area contributed by atoms with E-state index < -0.39 is 0 Å². The predicted molar refractivity (Wildman–Crippen MR) is 57.8 cm³/mol. The fourth-order valence-corrected chi connectivity index (χ4v) is 1.41. The third-order valence-corrected chi connectivity index (χ3v) is 2.25. The molecule has 5 heteroatoms. The molecule has 0 N–H and O–H groups in total. The lowest BCUT2D eigenvalue weighted by molar-refractivity contribution is 0.458. The van der Waals surface area contributed by atoms with E-state index in [0.717, 1.165) is 5.56 Å². The van der Waals surface area contributed by atoms with Crippen LogP contribution in [0.4, 0.5) is 4.39 Å². The van der Waals surface area contributed by atoms with Gasteiger partial charge in [0.25, 0.3) is 0 Å². The van der Waals surface area contributed by atoms with Crippen molar-refractivity contribution in [2.75, 3.05) is 0 Å². The summed E-state index contributed by atoms with van der Waals surface area (Å²) in [6, 6.07) is 6.28. The maximum absolute atomic E-state index is 12.9. The van der Waals surface area contributed by atoms with Crippen molar-refractivity contribution < 1.29 is 8.81 Å². The summed E-state index contributed by atoms with van der Waals surface area (Å²) < 4.78 is 18.2. The minimum absolute atomic E-state index is 0.275. The molecule has 0 aliphatic rings. The Morgan fingerprint density at radius 1 is 1.44 bits per heavy atom. The van der Waals surface area contributed by atoms with Gasteiger partial charge in [-0.05, 0) is 24.6 Å². The van der Waals surface area contributed by atoms with Gasteiger partial charge in [-0.3, -0.25) is 0 Å². The first-order valence-corrected chi connectivity index (χ1v) is 5.29. The molecule has 1 aromatic heterocycles. The molecule has 1 unspecified atom stereocenters. The van der Waals surface area contributed by atoms with Crippen LogP contribution in [0.5, 0.6) is 0 Å². The number of rotatable bonds is 3. The van der Waals surface area contributed by atoms with E-state index in [-0.39, 0.29) is 11.2 Å². The van der Waals surface area contributed by atoms with Gasteiger partial charge in [0.1, 0.15) is 11.2 Å². The summed E-state index contributed by atoms with van der Waals surface area (Å²) in [5, 5.41) is 7.32. The van der Waals surface area contributed by atoms with Gasteiger partial charge < -0.3 is 4.42 Å². The van der Waals surface area contributed by atoms with Gasteiger partial charge in [0.05, 0.1) is 6.42 Å². The number of halogens is 2. The monoisotopic (exact) mass is 240 g/mol. The maximum Gasteiger partial charge on any atom is 0.234 e. The molecule has 0 saturated heterocycles. The zero-order valence-corrected chi connectivity index (χ0v) is 9.41. The average molecular weight is 241 g/mol. The van der Waals surface area contributed by atoms with E-state index in [2.05, 4.69) is 10.2 Å². The summed E-state index contributed by atoms with van der Waals surface area (Å²) in [6.45, 7) is 1.75. The van der Waals surface area contributed by atoms with Gasteiger partial charge in [-0.25, -0.2) is 4.39 Å². The number of aromatic nitrogens is 2. The van der Waals surface area contributed by atoms with Crippen molar-refractivity contribution in [1.29, 1.82) is 0 Å². The van der Waals surface area contributed by atoms with Gasteiger partial charge in [-0.1, -0.05) is 12.1 Å². The number of benzene rings is 1. The Bertz CT molecular complexity index is 484. The van der Waals surface area contributed by atoms with Crippen molar-refractivity contribution in [2.45, 2.75) is 18.7 Å². The molecule has 84 valence electrons. The molecule has 1 aromatic carbocycles. The quantitative estimate of drug-likeness (QED) is 0.774. The summed E-state index contributed by atoms with van der Waals surface area (Å²) in [6.07, 6.45) is 0.411. The summed E-state index contributed by atoms with van der Waals surface area (Å²) in [4.78, 5) is 0. The molecule has 2 aromatic rings. The maximum atomic E-state index is 12.9. The van der Waals surface area contributed by atoms with Crippen molar-refractivity contribution >= 4 is 11.6 Å². The lowest BCUT2D eigenvalue weighted by Crippen LogP contribution is -1.89. The Kier molecular flexibility index (Phi) is 3.19. The fourth-order valence-electron chi connectivity index (χ4n) is 1.32. The molecule has 0 saturated carbocycles. The van der Waals surface area contributed by atoms with Crippen LogP contribution in [0.15, 0.2) is 28.7 Å². The van der Waals surface area contributed by atoms with Crippen molar-refractivity contribution in [3.63, 3.8) is 0 Å². The van der Waals surface area contributed by atoms with E-state index >= 15 is 0 Å². The summed E-state index contributed by atoms with van der Waals surface area (Å²) in [5.74, 6) is 0.545. The minimum atomic E-state index is -0.311. The number of alkyl halides is 1. The third-order valence-electron chi connectivity index (χ3n) is 2.07. The fraction of sp³-hybridized carbons (Fsp3) is 0.273. The molecule has 2 rings (SSSR count). The van der Waals surface area contributed by atoms with Crippen molar-refractivity contribution in [2.24, 2.45) is 0 Å². The van der Waals surface area contributed by atoms with Crippen LogP contribution in [0.2, 0.25) is 0 Å². The first-order valence-electron chi connectivity index (χ1n) is 4.86. The van der Waals surface area contributed by atoms with Crippen LogP contribution < -0.4 is 0 Å². The highest BCUT2D eigenvalue weighted by molar-refractivity contribution is 6.20. The molecule has 1 heterocycles. The van der Waals surface area contributed by atoms with Crippen molar-refractivity contribution in [3.8, 4) is 0 Å². The van der Waals surface area contributed by atoms with E-state index in [4.69, 9.17) is 16.0 Å². The van der Waals surface area contributed by atoms with E-state index in [1.165, 1.54) is 12.1 Å². The molecule has 3 nitrogen and oxygen atoms in total. The van der Waals surface area contributed by atoms with Crippen LogP contribution in [0.1, 0.15) is 29.6 Å². The van der Waals surface area contributed by atoms with E-state index in [9.17, 15) is 4.39 Å². The Morgan fingerprint density at radius 3 is 2.88 bits per heavy atom. The van der Waals surface area contributed by atoms with Crippen molar-refractivity contribution in [1.82, 2.24) is 10.2 Å². The molecule has 0 bridgehead atoms. The number of hydrogen-bond donors (Lipinski definition) is 0. The Balaban J connectivity index is 2.14. The SMILES string of the molecule is CC(Cl)c1nnc(Cc2cccc(F)c2)o1. The molecule has 0 aliphatic heterocycles. The van der Waals surface area contributed by atoms with Gasteiger partial charge in [0.15, 0.2) is 0 Å². The van der Waals surface area contributed by atoms with Crippen LogP contribution in [0.25, 0.3) is 0 Å². The highest BCUT2D eigenvalue weighted by Crippen LogP contribution is 2.18. The van der Waals surface area contributed by atoms with Crippen LogP contribution in [0.3, 0.4) is 0 Å². The standard InChI is InChI=1S/C11H10ClFN2O/c1-7(12)11-15-14-10(16-11)6-8-3-2-4-9(13)5-8/h2-5,7H,6H2,1H3. The van der Waals surface area contributed by atoms with Gasteiger partial charge in [-0.2, -0.15) is 0 Å². The molecular weight excluding hydrogens is 231 g/mol. The minimum Gasteiger partial charge on any atom is -0.423 e. The van der Waals surface area contributed by atoms with Gasteiger partial charge >= 0.3 is 0 Å². The topological polar surface area (TPSA) is 38.9 Å². The summed E-state index contributed by atoms with van der Waals surface area (Å²) >= 11 is 5.79. The molecule has 1 atom stereocenters. The second kappa shape index (κ2) is 4.61. The predicted octanol–water partition coefficient (Wildman–Crippen LogP) is 3.10. The first-order chi connectivity index (χ1) is 7.65. The van der Waals surface area contributed by atoms with Gasteiger partial charge in [0.2, 0.25) is 11.8 Å². The molecule has 0 spiro atoms. The molecular formula is C11H10ClFN2O. The zero-order chi connectivity index (χ0) is 11.5. The molecule has 0 fully saturated rings. The summed E-state index contributed by atoms with van der Waals surface area (Å²) in [7, 11) is 0. The van der Waals surface area contributed by atoms with E-state index in [1.807, 2.05) is 0 Å². The number of hydrogen-bond acceptors (Lipinski definition) is 3. The van der Waals surface area contributed by atoms with Crippen LogP contribution in [0, 0.1) is 5.82 Å². The van der Waals surface area contributed by atoms with Crippen molar-refractivity contribution in [3.05, 3.63) is 47.4 Å². The largest absolute Gasteiger partial charge is 0.423 e. The Hall–Kier alpha value is -1.42. The first kappa shape index (κ1) is 11.1. The molecule has 0 amide bonds. The molecule has 0 radical (unpaired) electrons. The van der Waals surface area contributed by atoms with E-state index in [0.29, 0.717) is 18.2 Å². The lowest BCUT2D eigenvalue weighted by Gasteiger charge is -1.97. The lowest BCUT2D eigenvalue weighted by atomic mass is 10.1. The average Bonchev–Trinajstić information content (AvgIpc) is 2.66. The van der Waals surface area contributed by atoms with Gasteiger partial charge in [0, 0.05) is 0 Å². The number of nitrogens with zero attached hydrogens (tertiary/aromatic N) is 2. The van der Waals surface area contributed by atoms with Crippen LogP contribution >= 0.6 is 11.6 Å². The Labute approximate surface area is 97.3 Å². The second-order valence-corrected chi connectivity index (χ2v) is 4.11. The molecule has 16 heavy (non-hydrogen) atoms. The summed E-state index contributed by atoms with van der Waals surface area (Å²) in [5.41, 5.74) is 0.789. The third kappa shape index (κ3) is 2.58. The molecule has 0 aliphatic carbocycles. The Morgan fingerprint density at radius 2 is 2.25 bits per heavy atom. The van der Waals surface area contributed by atoms with Crippen LogP contribution in [-0.4, -0.2) is 10.2 Å². The van der Waals surface area contributed by atoms with E-state index in [1.54, 1.807) is 19.1 Å². The highest BCUT2D eigenvalue weighted by Gasteiger charge is 2.11. The smallest absolute Gasteiger partial charge is 0.234 e. The highest BCUT2D eigenvalue weighted by atomic mass is 35.5. The second-order valence-electron chi connectivity index (χ2n) is 3.46.